The standard InChI is InChI=1S/C25H40ClN7O3S/c1-13-6-15(16-7-22(26)29-10-20(16)36-2)17(9-28-13)23(34)32-25-31-19-11-33(12-21(19)37-25)24(35)18-5-3-4-14(8-27)30-18/h13-22,25,28-31H,3-7,9-12H2,1-2H3,(H,32,34). The van der Waals surface area contributed by atoms with Gasteiger partial charge in [-0.25, -0.2) is 0 Å². The lowest BCUT2D eigenvalue weighted by atomic mass is 9.70. The predicted molar refractivity (Wildman–Crippen MR) is 143 cm³/mol. The Morgan fingerprint density at radius 3 is 2.73 bits per heavy atom. The molecule has 5 aliphatic heterocycles. The summed E-state index contributed by atoms with van der Waals surface area (Å²) in [5, 5.41) is 26.3. The van der Waals surface area contributed by atoms with Gasteiger partial charge in [-0.3, -0.25) is 25.5 Å². The van der Waals surface area contributed by atoms with Crippen molar-refractivity contribution >= 4 is 35.2 Å². The van der Waals surface area contributed by atoms with Crippen LogP contribution >= 0.6 is 23.4 Å². The van der Waals surface area contributed by atoms with E-state index in [9.17, 15) is 14.9 Å². The van der Waals surface area contributed by atoms with Crippen LogP contribution in [0, 0.1) is 29.1 Å². The molecule has 2 amide bonds. The minimum atomic E-state index is -0.269. The third-order valence-corrected chi connectivity index (χ3v) is 10.6. The summed E-state index contributed by atoms with van der Waals surface area (Å²) in [6.07, 6.45) is 4.23. The number of hydrogen-bond donors (Lipinski definition) is 5. The average molecular weight is 554 g/mol. The number of halogens is 1. The molecule has 0 aromatic heterocycles. The van der Waals surface area contributed by atoms with E-state index in [1.807, 2.05) is 4.90 Å². The SMILES string of the molecule is COC1CNC(Cl)CC1C1CC(C)NCC1C(=O)NC1NC2CN(C(=O)C3CCCC(C#N)N3)CC2S1. The first-order valence-electron chi connectivity index (χ1n) is 13.7. The van der Waals surface area contributed by atoms with Gasteiger partial charge in [-0.1, -0.05) is 0 Å². The Bertz CT molecular complexity index is 879. The quantitative estimate of drug-likeness (QED) is 0.238. The van der Waals surface area contributed by atoms with Gasteiger partial charge in [0, 0.05) is 50.6 Å². The molecule has 0 spiro atoms. The number of rotatable bonds is 5. The Labute approximate surface area is 228 Å². The maximum absolute atomic E-state index is 13.6. The van der Waals surface area contributed by atoms with Crippen molar-refractivity contribution in [1.29, 1.82) is 5.26 Å². The molecule has 0 aromatic carbocycles. The van der Waals surface area contributed by atoms with Gasteiger partial charge >= 0.3 is 0 Å². The molecule has 206 valence electrons. The van der Waals surface area contributed by atoms with Crippen molar-refractivity contribution in [3.05, 3.63) is 0 Å². The van der Waals surface area contributed by atoms with Crippen LogP contribution in [0.1, 0.15) is 39.0 Å². The van der Waals surface area contributed by atoms with Gasteiger partial charge in [-0.2, -0.15) is 5.26 Å². The van der Waals surface area contributed by atoms with Crippen molar-refractivity contribution in [1.82, 2.24) is 31.5 Å². The third kappa shape index (κ3) is 6.06. The van der Waals surface area contributed by atoms with Crippen LogP contribution in [0.2, 0.25) is 0 Å². The normalized spacial score (nSPS) is 44.2. The Morgan fingerprint density at radius 2 is 1.97 bits per heavy atom. The maximum Gasteiger partial charge on any atom is 0.239 e. The van der Waals surface area contributed by atoms with Crippen molar-refractivity contribution in [2.45, 2.75) is 85.5 Å². The summed E-state index contributed by atoms with van der Waals surface area (Å²) in [7, 11) is 1.74. The molecule has 0 aliphatic carbocycles. The van der Waals surface area contributed by atoms with Crippen LogP contribution < -0.4 is 26.6 Å². The van der Waals surface area contributed by atoms with Crippen molar-refractivity contribution in [2.75, 3.05) is 33.3 Å². The van der Waals surface area contributed by atoms with Gasteiger partial charge in [0.2, 0.25) is 11.8 Å². The average Bonchev–Trinajstić information content (AvgIpc) is 3.47. The van der Waals surface area contributed by atoms with Gasteiger partial charge in [-0.15, -0.1) is 23.4 Å². The molecule has 12 heteroatoms. The highest BCUT2D eigenvalue weighted by Crippen LogP contribution is 2.38. The lowest BCUT2D eigenvalue weighted by Crippen LogP contribution is -2.57. The zero-order valence-corrected chi connectivity index (χ0v) is 23.2. The molecular weight excluding hydrogens is 514 g/mol. The van der Waals surface area contributed by atoms with E-state index in [2.05, 4.69) is 39.6 Å². The Morgan fingerprint density at radius 1 is 1.14 bits per heavy atom. The number of methoxy groups -OCH3 is 1. The molecule has 11 atom stereocenters. The van der Waals surface area contributed by atoms with E-state index in [1.54, 1.807) is 18.9 Å². The molecule has 37 heavy (non-hydrogen) atoms. The van der Waals surface area contributed by atoms with Crippen LogP contribution in [-0.2, 0) is 14.3 Å². The van der Waals surface area contributed by atoms with Crippen LogP contribution in [0.25, 0.3) is 0 Å². The molecule has 5 rings (SSSR count). The number of fused-ring (bicyclic) bond motifs is 1. The number of hydrogen-bond acceptors (Lipinski definition) is 9. The molecule has 5 N–H and O–H groups in total. The molecular formula is C25H40ClN7O3S. The van der Waals surface area contributed by atoms with Gasteiger partial charge in [-0.05, 0) is 50.9 Å². The number of carbonyl (C=O) groups is 2. The predicted octanol–water partition coefficient (Wildman–Crippen LogP) is 0.140. The highest BCUT2D eigenvalue weighted by Gasteiger charge is 2.47. The van der Waals surface area contributed by atoms with E-state index in [0.29, 0.717) is 32.2 Å². The van der Waals surface area contributed by atoms with Gasteiger partial charge in [0.25, 0.3) is 0 Å². The summed E-state index contributed by atoms with van der Waals surface area (Å²) in [5.41, 5.74) is -0.264. The number of amides is 2. The number of thioether (sulfide) groups is 1. The van der Waals surface area contributed by atoms with Crippen molar-refractivity contribution < 1.29 is 14.3 Å². The number of carbonyl (C=O) groups excluding carboxylic acids is 2. The third-order valence-electron chi connectivity index (χ3n) is 8.88. The van der Waals surface area contributed by atoms with Crippen LogP contribution in [-0.4, -0.2) is 96.5 Å². The fourth-order valence-electron chi connectivity index (χ4n) is 6.90. The van der Waals surface area contributed by atoms with Gasteiger partial charge in [0.1, 0.15) is 5.50 Å². The molecule has 5 heterocycles. The number of nitriles is 1. The summed E-state index contributed by atoms with van der Waals surface area (Å²) in [6, 6.07) is 2.23. The van der Waals surface area contributed by atoms with Crippen molar-refractivity contribution in [2.24, 2.45) is 17.8 Å². The molecule has 0 aromatic rings. The minimum Gasteiger partial charge on any atom is -0.380 e. The zero-order valence-electron chi connectivity index (χ0n) is 21.6. The first-order valence-corrected chi connectivity index (χ1v) is 15.0. The summed E-state index contributed by atoms with van der Waals surface area (Å²) in [6.45, 7) is 4.82. The molecule has 0 bridgehead atoms. The van der Waals surface area contributed by atoms with Crippen LogP contribution in [0.4, 0.5) is 0 Å². The van der Waals surface area contributed by atoms with Crippen molar-refractivity contribution in [3.63, 3.8) is 0 Å². The molecule has 0 saturated carbocycles. The second kappa shape index (κ2) is 11.9. The van der Waals surface area contributed by atoms with Crippen LogP contribution in [0.3, 0.4) is 0 Å². The highest BCUT2D eigenvalue weighted by molar-refractivity contribution is 8.00. The number of likely N-dealkylation sites (tertiary alicyclic amines) is 1. The first-order chi connectivity index (χ1) is 17.9. The van der Waals surface area contributed by atoms with Crippen LogP contribution in [0.15, 0.2) is 0 Å². The number of alkyl halides is 1. The molecule has 5 saturated heterocycles. The Hall–Kier alpha value is -1.13. The summed E-state index contributed by atoms with van der Waals surface area (Å²) in [4.78, 5) is 28.5. The number of ether oxygens (including phenoxy) is 1. The van der Waals surface area contributed by atoms with Crippen molar-refractivity contribution in [3.8, 4) is 6.07 Å². The number of piperidine rings is 3. The van der Waals surface area contributed by atoms with E-state index in [1.165, 1.54) is 0 Å². The van der Waals surface area contributed by atoms with E-state index < -0.39 is 0 Å². The largest absolute Gasteiger partial charge is 0.380 e. The smallest absolute Gasteiger partial charge is 0.239 e. The molecule has 5 fully saturated rings. The summed E-state index contributed by atoms with van der Waals surface area (Å²) < 4.78 is 5.80. The van der Waals surface area contributed by atoms with Crippen LogP contribution in [0.5, 0.6) is 0 Å². The number of nitrogens with zero attached hydrogens (tertiary/aromatic N) is 2. The van der Waals surface area contributed by atoms with E-state index >= 15 is 0 Å². The maximum atomic E-state index is 13.6. The second-order valence-electron chi connectivity index (χ2n) is 11.3. The fraction of sp³-hybridized carbons (Fsp3) is 0.880. The number of nitrogens with one attached hydrogen (secondary N) is 5. The zero-order chi connectivity index (χ0) is 26.1. The summed E-state index contributed by atoms with van der Waals surface area (Å²) >= 11 is 8.17. The van der Waals surface area contributed by atoms with Gasteiger partial charge < -0.3 is 20.3 Å². The fourth-order valence-corrected chi connectivity index (χ4v) is 8.60. The first kappa shape index (κ1) is 27.4. The Kier molecular flexibility index (Phi) is 8.86. The minimum absolute atomic E-state index is 0.0459. The molecule has 5 aliphatic rings. The summed E-state index contributed by atoms with van der Waals surface area (Å²) in [5.74, 6) is 0.438. The second-order valence-corrected chi connectivity index (χ2v) is 13.2. The van der Waals surface area contributed by atoms with E-state index in [0.717, 1.165) is 32.1 Å². The highest BCUT2D eigenvalue weighted by atomic mass is 35.5. The molecule has 11 unspecified atom stereocenters. The Balaban J connectivity index is 1.16. The lowest BCUT2D eigenvalue weighted by molar-refractivity contribution is -0.133. The monoisotopic (exact) mass is 553 g/mol. The lowest BCUT2D eigenvalue weighted by Gasteiger charge is -2.45. The topological polar surface area (TPSA) is 131 Å². The van der Waals surface area contributed by atoms with Gasteiger partial charge in [0.05, 0.1) is 35.7 Å². The van der Waals surface area contributed by atoms with E-state index in [-0.39, 0.29) is 70.0 Å². The molecule has 0 radical (unpaired) electrons. The van der Waals surface area contributed by atoms with E-state index in [4.69, 9.17) is 16.3 Å². The van der Waals surface area contributed by atoms with Gasteiger partial charge in [0.15, 0.2) is 0 Å². The molecule has 10 nitrogen and oxygen atoms in total.